The van der Waals surface area contributed by atoms with E-state index >= 15 is 0 Å². The predicted molar refractivity (Wildman–Crippen MR) is 70.5 cm³/mol. The number of aliphatic hydroxyl groups is 2. The second-order valence-electron chi connectivity index (χ2n) is 5.38. The van der Waals surface area contributed by atoms with Crippen LogP contribution < -0.4 is 0 Å². The molecule has 18 heavy (non-hydrogen) atoms. The zero-order valence-electron chi connectivity index (χ0n) is 11.1. The van der Waals surface area contributed by atoms with Crippen LogP contribution in [0.25, 0.3) is 5.76 Å². The summed E-state index contributed by atoms with van der Waals surface area (Å²) in [5.74, 6) is -0.250. The number of aryl methyl sites for hydroxylation is 1. The molecule has 0 aromatic heterocycles. The molecule has 0 unspecified atom stereocenters. The fraction of sp³-hybridized carbons (Fsp3) is 0.400. The third kappa shape index (κ3) is 1.75. The maximum absolute atomic E-state index is 11.8. The van der Waals surface area contributed by atoms with Crippen LogP contribution in [0.1, 0.15) is 48.9 Å². The molecule has 96 valence electrons. The van der Waals surface area contributed by atoms with Crippen molar-refractivity contribution in [1.29, 1.82) is 0 Å². The van der Waals surface area contributed by atoms with Crippen LogP contribution in [0.5, 0.6) is 0 Å². The molecule has 2 N–H and O–H groups in total. The summed E-state index contributed by atoms with van der Waals surface area (Å²) in [6, 6.07) is 3.66. The van der Waals surface area contributed by atoms with E-state index in [9.17, 15) is 15.0 Å². The smallest absolute Gasteiger partial charge is 0.195 e. The summed E-state index contributed by atoms with van der Waals surface area (Å²) >= 11 is 0. The zero-order valence-corrected chi connectivity index (χ0v) is 11.1. The summed E-state index contributed by atoms with van der Waals surface area (Å²) in [7, 11) is 0. The van der Waals surface area contributed by atoms with Gasteiger partial charge in [0, 0.05) is 17.2 Å². The molecule has 0 saturated carbocycles. The molecular formula is C15H18O3. The first-order chi connectivity index (χ1) is 8.25. The molecule has 0 amide bonds. The Hall–Kier alpha value is -1.61. The van der Waals surface area contributed by atoms with E-state index in [-0.39, 0.29) is 5.76 Å². The lowest BCUT2D eigenvalue weighted by atomic mass is 9.79. The van der Waals surface area contributed by atoms with Gasteiger partial charge < -0.3 is 10.2 Å². The molecule has 1 aromatic rings. The molecule has 1 aromatic carbocycles. The van der Waals surface area contributed by atoms with Gasteiger partial charge in [-0.1, -0.05) is 19.9 Å². The van der Waals surface area contributed by atoms with Crippen molar-refractivity contribution in [3.63, 3.8) is 0 Å². The highest BCUT2D eigenvalue weighted by Gasteiger charge is 2.38. The van der Waals surface area contributed by atoms with Crippen LogP contribution in [0.3, 0.4) is 0 Å². The maximum Gasteiger partial charge on any atom is 0.195 e. The Morgan fingerprint density at radius 3 is 2.44 bits per heavy atom. The van der Waals surface area contributed by atoms with Crippen LogP contribution in [0.2, 0.25) is 0 Å². The number of carbonyl (C=O) groups excluding carboxylic acids is 1. The average Bonchev–Trinajstić information content (AvgIpc) is 2.25. The standard InChI is InChI=1S/C15H18O3/c1-8(2)10-6-12-11(5-9(10)3)13(16)7-14(17)15(12,4)18/h5-8,16,18H,1-4H3/t15-/m1/s1. The van der Waals surface area contributed by atoms with Crippen molar-refractivity contribution in [2.24, 2.45) is 0 Å². The normalized spacial score (nSPS) is 23.0. The van der Waals surface area contributed by atoms with Crippen LogP contribution in [-0.4, -0.2) is 16.0 Å². The van der Waals surface area contributed by atoms with E-state index in [4.69, 9.17) is 0 Å². The van der Waals surface area contributed by atoms with Crippen molar-refractivity contribution < 1.29 is 15.0 Å². The van der Waals surface area contributed by atoms with Crippen LogP contribution in [0, 0.1) is 6.92 Å². The van der Waals surface area contributed by atoms with Gasteiger partial charge >= 0.3 is 0 Å². The van der Waals surface area contributed by atoms with Crippen LogP contribution in [0.15, 0.2) is 18.2 Å². The lowest BCUT2D eigenvalue weighted by Crippen LogP contribution is -2.35. The number of ketones is 1. The highest BCUT2D eigenvalue weighted by Crippen LogP contribution is 2.37. The molecule has 0 aliphatic heterocycles. The Bertz CT molecular complexity index is 551. The Balaban J connectivity index is 2.75. The third-order valence-electron chi connectivity index (χ3n) is 3.58. The average molecular weight is 246 g/mol. The fourth-order valence-electron chi connectivity index (χ4n) is 2.44. The van der Waals surface area contributed by atoms with Gasteiger partial charge in [0.1, 0.15) is 11.4 Å². The molecule has 1 aliphatic rings. The van der Waals surface area contributed by atoms with Crippen LogP contribution in [0.4, 0.5) is 0 Å². The zero-order chi connectivity index (χ0) is 13.7. The molecule has 0 heterocycles. The van der Waals surface area contributed by atoms with E-state index < -0.39 is 11.4 Å². The number of aliphatic hydroxyl groups excluding tert-OH is 1. The predicted octanol–water partition coefficient (Wildman–Crippen LogP) is 2.81. The second kappa shape index (κ2) is 3.95. The Kier molecular flexibility index (Phi) is 2.82. The molecule has 3 heteroatoms. The molecular weight excluding hydrogens is 228 g/mol. The highest BCUT2D eigenvalue weighted by molar-refractivity contribution is 6.05. The van der Waals surface area contributed by atoms with E-state index in [1.54, 1.807) is 0 Å². The van der Waals surface area contributed by atoms with Crippen LogP contribution in [-0.2, 0) is 10.4 Å². The molecule has 0 saturated heterocycles. The van der Waals surface area contributed by atoms with Crippen molar-refractivity contribution >= 4 is 11.5 Å². The summed E-state index contributed by atoms with van der Waals surface area (Å²) in [4.78, 5) is 11.8. The fourth-order valence-corrected chi connectivity index (χ4v) is 2.44. The van der Waals surface area contributed by atoms with Crippen LogP contribution >= 0.6 is 0 Å². The number of hydrogen-bond donors (Lipinski definition) is 2. The number of carbonyl (C=O) groups is 1. The highest BCUT2D eigenvalue weighted by atomic mass is 16.3. The van der Waals surface area contributed by atoms with E-state index in [2.05, 4.69) is 13.8 Å². The van der Waals surface area contributed by atoms with Gasteiger partial charge in [0.05, 0.1) is 0 Å². The van der Waals surface area contributed by atoms with Crippen molar-refractivity contribution in [2.75, 3.05) is 0 Å². The lowest BCUT2D eigenvalue weighted by Gasteiger charge is -2.29. The van der Waals surface area contributed by atoms with Crippen molar-refractivity contribution in [3.8, 4) is 0 Å². The molecule has 1 aliphatic carbocycles. The molecule has 3 nitrogen and oxygen atoms in total. The quantitative estimate of drug-likeness (QED) is 0.801. The summed E-state index contributed by atoms with van der Waals surface area (Å²) in [5.41, 5.74) is 1.60. The SMILES string of the molecule is Cc1cc2c(cc1C(C)C)[C@@](C)(O)C(=O)C=C2O. The Morgan fingerprint density at radius 1 is 1.28 bits per heavy atom. The molecule has 0 fully saturated rings. The Morgan fingerprint density at radius 2 is 1.89 bits per heavy atom. The van der Waals surface area contributed by atoms with E-state index in [1.165, 1.54) is 6.92 Å². The van der Waals surface area contributed by atoms with Gasteiger partial charge in [0.2, 0.25) is 0 Å². The van der Waals surface area contributed by atoms with Gasteiger partial charge in [-0.25, -0.2) is 0 Å². The minimum atomic E-state index is -1.56. The van der Waals surface area contributed by atoms with E-state index in [0.717, 1.165) is 17.2 Å². The van der Waals surface area contributed by atoms with E-state index in [0.29, 0.717) is 17.0 Å². The number of fused-ring (bicyclic) bond motifs is 1. The first kappa shape index (κ1) is 12.8. The van der Waals surface area contributed by atoms with Crippen molar-refractivity contribution in [1.82, 2.24) is 0 Å². The monoisotopic (exact) mass is 246 g/mol. The first-order valence-corrected chi connectivity index (χ1v) is 6.08. The lowest BCUT2D eigenvalue weighted by molar-refractivity contribution is -0.131. The summed E-state index contributed by atoms with van der Waals surface area (Å²) in [6.07, 6.45) is 1.09. The molecule has 1 atom stereocenters. The van der Waals surface area contributed by atoms with Crippen molar-refractivity contribution in [2.45, 2.75) is 39.2 Å². The molecule has 0 bridgehead atoms. The van der Waals surface area contributed by atoms with Gasteiger partial charge in [-0.05, 0) is 37.0 Å². The Labute approximate surface area is 107 Å². The molecule has 2 rings (SSSR count). The van der Waals surface area contributed by atoms with Gasteiger partial charge in [0.25, 0.3) is 0 Å². The number of hydrogen-bond acceptors (Lipinski definition) is 3. The minimum absolute atomic E-state index is 0.0695. The van der Waals surface area contributed by atoms with Gasteiger partial charge in [-0.3, -0.25) is 4.79 Å². The third-order valence-corrected chi connectivity index (χ3v) is 3.58. The topological polar surface area (TPSA) is 57.5 Å². The largest absolute Gasteiger partial charge is 0.507 e. The van der Waals surface area contributed by atoms with Gasteiger partial charge in [-0.15, -0.1) is 0 Å². The van der Waals surface area contributed by atoms with Crippen molar-refractivity contribution in [3.05, 3.63) is 40.5 Å². The first-order valence-electron chi connectivity index (χ1n) is 6.08. The van der Waals surface area contributed by atoms with Gasteiger partial charge in [0.15, 0.2) is 5.78 Å². The summed E-state index contributed by atoms with van der Waals surface area (Å²) in [5, 5.41) is 20.2. The summed E-state index contributed by atoms with van der Waals surface area (Å²) < 4.78 is 0. The molecule has 0 radical (unpaired) electrons. The minimum Gasteiger partial charge on any atom is -0.507 e. The molecule has 0 spiro atoms. The second-order valence-corrected chi connectivity index (χ2v) is 5.38. The summed E-state index contributed by atoms with van der Waals surface area (Å²) in [6.45, 7) is 7.55. The van der Waals surface area contributed by atoms with Gasteiger partial charge in [-0.2, -0.15) is 0 Å². The maximum atomic E-state index is 11.8. The number of rotatable bonds is 1. The van der Waals surface area contributed by atoms with E-state index in [1.807, 2.05) is 19.1 Å². The number of benzene rings is 1.